The van der Waals surface area contributed by atoms with Gasteiger partial charge in [0.2, 0.25) is 23.6 Å². The second-order valence-electron chi connectivity index (χ2n) is 13.6. The molecule has 2 aliphatic heterocycles. The first-order valence-electron chi connectivity index (χ1n) is 16.1. The van der Waals surface area contributed by atoms with Gasteiger partial charge in [-0.15, -0.1) is 11.3 Å². The van der Waals surface area contributed by atoms with Crippen molar-refractivity contribution in [3.05, 3.63) is 70.3 Å². The van der Waals surface area contributed by atoms with Crippen LogP contribution in [0.25, 0.3) is 20.7 Å². The van der Waals surface area contributed by atoms with Gasteiger partial charge < -0.3 is 15.6 Å². The number of hydrogen-bond acceptors (Lipinski definition) is 9. The number of carbonyl (C=O) groups is 5. The van der Waals surface area contributed by atoms with E-state index in [-0.39, 0.29) is 18.6 Å². The van der Waals surface area contributed by atoms with Gasteiger partial charge >= 0.3 is 6.03 Å². The third-order valence-electron chi connectivity index (χ3n) is 11.2. The number of fused-ring (bicyclic) bond motifs is 5. The number of anilines is 1. The van der Waals surface area contributed by atoms with E-state index in [0.717, 1.165) is 20.5 Å². The molecule has 0 spiro atoms. The zero-order chi connectivity index (χ0) is 35.5. The van der Waals surface area contributed by atoms with Crippen LogP contribution in [0.5, 0.6) is 11.5 Å². The molecule has 8 rings (SSSR count). The summed E-state index contributed by atoms with van der Waals surface area (Å²) in [5, 5.41) is 16.7. The van der Waals surface area contributed by atoms with Crippen molar-refractivity contribution in [2.24, 2.45) is 41.9 Å². The third-order valence-corrected chi connectivity index (χ3v) is 12.8. The SMILES string of the molecule is COc1cc(O)ccc1[C@H]1C2=CC[C@@H]3C(=O)N(C(N)=O)C(=O)[C@@H]3[C@@H]2C[C@H]2C(=O)N(c3cc(-c4sc5ccc(Cl)cc5c4C)nn3C)C(=O)[C@@]12C. The van der Waals surface area contributed by atoms with Crippen LogP contribution in [-0.2, 0) is 26.2 Å². The van der Waals surface area contributed by atoms with Crippen molar-refractivity contribution >= 4 is 68.5 Å². The number of nitrogens with zero attached hydrogens (tertiary/aromatic N) is 4. The first-order valence-corrected chi connectivity index (χ1v) is 17.3. The number of aromatic hydroxyl groups is 1. The van der Waals surface area contributed by atoms with Gasteiger partial charge in [-0.25, -0.2) is 9.69 Å². The second kappa shape index (κ2) is 11.0. The quantitative estimate of drug-likeness (QED) is 0.213. The Balaban J connectivity index is 1.27. The van der Waals surface area contributed by atoms with Gasteiger partial charge in [-0.2, -0.15) is 10.00 Å². The number of allylic oxidation sites excluding steroid dienone is 2. The largest absolute Gasteiger partial charge is 0.508 e. The molecule has 6 amide bonds. The van der Waals surface area contributed by atoms with E-state index in [0.29, 0.717) is 38.3 Å². The number of likely N-dealkylation sites (tertiary alicyclic amines) is 1. The summed E-state index contributed by atoms with van der Waals surface area (Å²) in [6.07, 6.45) is 2.10. The molecule has 1 saturated carbocycles. The fraction of sp³-hybridized carbons (Fsp3) is 0.333. The van der Waals surface area contributed by atoms with E-state index in [1.807, 2.05) is 31.2 Å². The van der Waals surface area contributed by atoms with E-state index in [2.05, 4.69) is 0 Å². The van der Waals surface area contributed by atoms with E-state index < -0.39 is 64.7 Å². The van der Waals surface area contributed by atoms with Gasteiger partial charge in [0.1, 0.15) is 23.0 Å². The van der Waals surface area contributed by atoms with Crippen LogP contribution >= 0.6 is 22.9 Å². The Hall–Kier alpha value is -5.01. The molecule has 2 aromatic carbocycles. The number of phenols is 1. The minimum absolute atomic E-state index is 0.0531. The molecule has 0 unspecified atom stereocenters. The Kier molecular flexibility index (Phi) is 7.08. The number of rotatable bonds is 4. The molecule has 0 radical (unpaired) electrons. The third kappa shape index (κ3) is 4.22. The molecule has 2 aromatic heterocycles. The Morgan fingerprint density at radius 1 is 1.08 bits per heavy atom. The van der Waals surface area contributed by atoms with Crippen LogP contribution in [0.4, 0.5) is 10.6 Å². The van der Waals surface area contributed by atoms with Gasteiger partial charge in [0.05, 0.1) is 35.2 Å². The van der Waals surface area contributed by atoms with Crippen LogP contribution in [0.3, 0.4) is 0 Å². The molecule has 12 nitrogen and oxygen atoms in total. The highest BCUT2D eigenvalue weighted by molar-refractivity contribution is 7.22. The van der Waals surface area contributed by atoms with Crippen LogP contribution < -0.4 is 15.4 Å². The van der Waals surface area contributed by atoms with Crippen molar-refractivity contribution < 1.29 is 33.8 Å². The number of carbonyl (C=O) groups excluding carboxylic acids is 5. The zero-order valence-corrected chi connectivity index (χ0v) is 29.0. The fourth-order valence-corrected chi connectivity index (χ4v) is 10.3. The molecule has 4 aromatic rings. The number of nitrogens with two attached hydrogens (primary N) is 1. The maximum Gasteiger partial charge on any atom is 0.328 e. The van der Waals surface area contributed by atoms with Crippen molar-refractivity contribution in [3.8, 4) is 22.1 Å². The van der Waals surface area contributed by atoms with E-state index in [1.54, 1.807) is 26.1 Å². The summed E-state index contributed by atoms with van der Waals surface area (Å²) in [5.74, 6) is -5.84. The summed E-state index contributed by atoms with van der Waals surface area (Å²) < 4.78 is 8.25. The predicted octanol–water partition coefficient (Wildman–Crippen LogP) is 5.29. The topological polar surface area (TPSA) is 165 Å². The fourth-order valence-electron chi connectivity index (χ4n) is 8.95. The molecule has 2 aliphatic carbocycles. The van der Waals surface area contributed by atoms with E-state index in [9.17, 15) is 29.1 Å². The van der Waals surface area contributed by atoms with Crippen LogP contribution in [0.15, 0.2) is 54.1 Å². The van der Waals surface area contributed by atoms with Crippen molar-refractivity contribution in [3.63, 3.8) is 0 Å². The number of imide groups is 4. The summed E-state index contributed by atoms with van der Waals surface area (Å²) >= 11 is 7.82. The minimum Gasteiger partial charge on any atom is -0.508 e. The van der Waals surface area contributed by atoms with Gasteiger partial charge in [0, 0.05) is 40.4 Å². The lowest BCUT2D eigenvalue weighted by Crippen LogP contribution is -2.49. The molecule has 2 saturated heterocycles. The van der Waals surface area contributed by atoms with Crippen molar-refractivity contribution in [1.29, 1.82) is 0 Å². The first kappa shape index (κ1) is 32.2. The Labute approximate surface area is 295 Å². The Bertz CT molecular complexity index is 2260. The number of hydrogen-bond donors (Lipinski definition) is 2. The summed E-state index contributed by atoms with van der Waals surface area (Å²) in [4.78, 5) is 71.4. The first-order chi connectivity index (χ1) is 23.8. The van der Waals surface area contributed by atoms with Gasteiger partial charge in [0.25, 0.3) is 0 Å². The number of ether oxygens (including phenoxy) is 1. The lowest BCUT2D eigenvalue weighted by molar-refractivity contribution is -0.136. The predicted molar refractivity (Wildman–Crippen MR) is 184 cm³/mol. The van der Waals surface area contributed by atoms with Gasteiger partial charge in [-0.05, 0) is 67.8 Å². The second-order valence-corrected chi connectivity index (χ2v) is 15.1. The average molecular weight is 714 g/mol. The molecule has 14 heteroatoms. The molecule has 50 heavy (non-hydrogen) atoms. The van der Waals surface area contributed by atoms with Crippen LogP contribution in [-0.4, -0.2) is 56.6 Å². The normalized spacial score (nSPS) is 27.5. The van der Waals surface area contributed by atoms with E-state index >= 15 is 0 Å². The molecule has 6 atom stereocenters. The Morgan fingerprint density at radius 2 is 1.84 bits per heavy atom. The van der Waals surface area contributed by atoms with Gasteiger partial charge in [-0.3, -0.25) is 23.9 Å². The Morgan fingerprint density at radius 3 is 2.56 bits per heavy atom. The van der Waals surface area contributed by atoms with Crippen molar-refractivity contribution in [2.45, 2.75) is 32.6 Å². The van der Waals surface area contributed by atoms with Crippen LogP contribution in [0.1, 0.15) is 36.8 Å². The van der Waals surface area contributed by atoms with Gasteiger partial charge in [0.15, 0.2) is 0 Å². The molecule has 4 heterocycles. The standard InChI is InChI=1S/C36H32ClN5O7S/c1-15-21-11-16(37)5-10-26(21)50-30(15)24-14-27(40(3)39-24)41-32(45)23-13-22-18(8-9-20-28(22)33(46)42(31(20)44)35(38)48)29(36(23,2)34(41)47)19-7-6-17(43)12-25(19)49-4/h5-8,10-12,14,20,22-23,28-29,43H,9,13H2,1-4H3,(H2,38,48)/t20-,22+,23-,28-,29+,36+/m0/s1. The number of primary amides is 1. The van der Waals surface area contributed by atoms with Crippen molar-refractivity contribution in [1.82, 2.24) is 14.7 Å². The number of aromatic nitrogens is 2. The molecule has 3 N–H and O–H groups in total. The molecule has 3 fully saturated rings. The number of methoxy groups -OCH3 is 1. The lowest BCUT2D eigenvalue weighted by Gasteiger charge is -2.49. The average Bonchev–Trinajstić information content (AvgIpc) is 3.75. The highest BCUT2D eigenvalue weighted by Crippen LogP contribution is 2.64. The van der Waals surface area contributed by atoms with E-state index in [1.165, 1.54) is 40.2 Å². The molecule has 256 valence electrons. The van der Waals surface area contributed by atoms with Crippen molar-refractivity contribution in [2.75, 3.05) is 12.0 Å². The number of phenolic OH excluding ortho intramolecular Hbond substituents is 1. The number of benzene rings is 2. The molecular formula is C36H32ClN5O7S. The summed E-state index contributed by atoms with van der Waals surface area (Å²) in [6.45, 7) is 3.74. The highest BCUT2D eigenvalue weighted by Gasteiger charge is 2.68. The van der Waals surface area contributed by atoms with Gasteiger partial charge in [-0.1, -0.05) is 29.3 Å². The number of aryl methyl sites for hydroxylation is 2. The monoisotopic (exact) mass is 713 g/mol. The maximum absolute atomic E-state index is 15.0. The van der Waals surface area contributed by atoms with Crippen LogP contribution in [0.2, 0.25) is 5.02 Å². The summed E-state index contributed by atoms with van der Waals surface area (Å²) in [6, 6.07) is 10.8. The molecule has 4 aliphatic rings. The number of amides is 6. The summed E-state index contributed by atoms with van der Waals surface area (Å²) in [7, 11) is 3.13. The smallest absolute Gasteiger partial charge is 0.328 e. The maximum atomic E-state index is 15.0. The molecule has 0 bridgehead atoms. The highest BCUT2D eigenvalue weighted by atomic mass is 35.5. The summed E-state index contributed by atoms with van der Waals surface area (Å²) in [5.41, 5.74) is 6.92. The number of thiophene rings is 1. The zero-order valence-electron chi connectivity index (χ0n) is 27.5. The molecular weight excluding hydrogens is 682 g/mol. The number of urea groups is 1. The minimum atomic E-state index is -1.36. The number of halogens is 1. The van der Waals surface area contributed by atoms with Crippen LogP contribution in [0, 0.1) is 36.0 Å². The van der Waals surface area contributed by atoms with E-state index in [4.69, 9.17) is 27.2 Å². The lowest BCUT2D eigenvalue weighted by atomic mass is 9.51.